The van der Waals surface area contributed by atoms with Crippen LogP contribution in [0, 0.1) is 6.92 Å². The van der Waals surface area contributed by atoms with Gasteiger partial charge in [-0.2, -0.15) is 0 Å². The van der Waals surface area contributed by atoms with Crippen molar-refractivity contribution in [3.8, 4) is 5.75 Å². The van der Waals surface area contributed by atoms with Crippen LogP contribution in [0.1, 0.15) is 22.8 Å². The molecule has 0 aliphatic rings. The quantitative estimate of drug-likeness (QED) is 0.478. The lowest BCUT2D eigenvalue weighted by Gasteiger charge is -2.09. The SMILES string of the molecule is CCOC(=O)c1cc2cc(C)c(OCOC)cc2oc1=O. The van der Waals surface area contributed by atoms with Gasteiger partial charge in [-0.1, -0.05) is 0 Å². The molecule has 1 heterocycles. The molecule has 6 heteroatoms. The van der Waals surface area contributed by atoms with E-state index < -0.39 is 11.6 Å². The first-order valence-electron chi connectivity index (χ1n) is 6.44. The van der Waals surface area contributed by atoms with E-state index in [2.05, 4.69) is 0 Å². The molecular weight excluding hydrogens is 276 g/mol. The van der Waals surface area contributed by atoms with E-state index in [1.807, 2.05) is 6.92 Å². The van der Waals surface area contributed by atoms with Crippen LogP contribution in [-0.2, 0) is 9.47 Å². The zero-order valence-electron chi connectivity index (χ0n) is 12.1. The molecule has 0 aliphatic carbocycles. The molecule has 0 bridgehead atoms. The number of fused-ring (bicyclic) bond motifs is 1. The van der Waals surface area contributed by atoms with Crippen molar-refractivity contribution >= 4 is 16.9 Å². The van der Waals surface area contributed by atoms with Crippen LogP contribution in [0.15, 0.2) is 27.4 Å². The predicted molar refractivity (Wildman–Crippen MR) is 75.7 cm³/mol. The maximum absolute atomic E-state index is 11.8. The van der Waals surface area contributed by atoms with Gasteiger partial charge in [0.1, 0.15) is 16.9 Å². The zero-order valence-corrected chi connectivity index (χ0v) is 12.1. The van der Waals surface area contributed by atoms with E-state index in [1.54, 1.807) is 19.1 Å². The topological polar surface area (TPSA) is 75.0 Å². The molecule has 2 aromatic rings. The van der Waals surface area contributed by atoms with Crippen molar-refractivity contribution in [2.75, 3.05) is 20.5 Å². The molecule has 21 heavy (non-hydrogen) atoms. The largest absolute Gasteiger partial charge is 0.467 e. The van der Waals surface area contributed by atoms with Crippen LogP contribution in [0.5, 0.6) is 5.75 Å². The molecule has 0 fully saturated rings. The fourth-order valence-corrected chi connectivity index (χ4v) is 1.89. The van der Waals surface area contributed by atoms with E-state index in [4.69, 9.17) is 18.6 Å². The normalized spacial score (nSPS) is 10.6. The Morgan fingerprint density at radius 2 is 2.05 bits per heavy atom. The van der Waals surface area contributed by atoms with E-state index in [-0.39, 0.29) is 19.0 Å². The van der Waals surface area contributed by atoms with E-state index in [0.29, 0.717) is 16.7 Å². The summed E-state index contributed by atoms with van der Waals surface area (Å²) in [5, 5.41) is 0.625. The molecule has 0 aliphatic heterocycles. The van der Waals surface area contributed by atoms with Crippen LogP contribution >= 0.6 is 0 Å². The Bertz CT molecular complexity index is 716. The highest BCUT2D eigenvalue weighted by Crippen LogP contribution is 2.25. The number of benzene rings is 1. The van der Waals surface area contributed by atoms with Crippen LogP contribution in [0.4, 0.5) is 0 Å². The Morgan fingerprint density at radius 1 is 1.29 bits per heavy atom. The summed E-state index contributed by atoms with van der Waals surface area (Å²) in [4.78, 5) is 23.5. The fraction of sp³-hybridized carbons (Fsp3) is 0.333. The molecule has 0 N–H and O–H groups in total. The Kier molecular flexibility index (Phi) is 4.59. The van der Waals surface area contributed by atoms with Gasteiger partial charge in [0.25, 0.3) is 0 Å². The monoisotopic (exact) mass is 292 g/mol. The molecule has 6 nitrogen and oxygen atoms in total. The van der Waals surface area contributed by atoms with Gasteiger partial charge < -0.3 is 18.6 Å². The highest BCUT2D eigenvalue weighted by molar-refractivity contribution is 5.93. The standard InChI is InChI=1S/C15H16O6/c1-4-19-14(16)11-6-10-5-9(2)12(20-8-18-3)7-13(10)21-15(11)17/h5-7H,4,8H2,1-3H3. The molecule has 0 atom stereocenters. The fourth-order valence-electron chi connectivity index (χ4n) is 1.89. The summed E-state index contributed by atoms with van der Waals surface area (Å²) in [6.45, 7) is 3.81. The first kappa shape index (κ1) is 15.1. The molecular formula is C15H16O6. The lowest BCUT2D eigenvalue weighted by molar-refractivity contribution is 0.0506. The molecule has 112 valence electrons. The smallest absolute Gasteiger partial charge is 0.351 e. The van der Waals surface area contributed by atoms with Crippen LogP contribution in [0.2, 0.25) is 0 Å². The van der Waals surface area contributed by atoms with Crippen molar-refractivity contribution in [1.82, 2.24) is 0 Å². The van der Waals surface area contributed by atoms with Crippen molar-refractivity contribution in [2.24, 2.45) is 0 Å². The third-order valence-corrected chi connectivity index (χ3v) is 2.86. The van der Waals surface area contributed by atoms with E-state index in [0.717, 1.165) is 5.56 Å². The summed E-state index contributed by atoms with van der Waals surface area (Å²) in [7, 11) is 1.52. The second kappa shape index (κ2) is 6.41. The van der Waals surface area contributed by atoms with Crippen LogP contribution in [0.3, 0.4) is 0 Å². The second-order valence-corrected chi connectivity index (χ2v) is 4.37. The summed E-state index contributed by atoms with van der Waals surface area (Å²) in [5.74, 6) is -0.137. The molecule has 0 spiro atoms. The number of carbonyl (C=O) groups is 1. The Hall–Kier alpha value is -2.34. The lowest BCUT2D eigenvalue weighted by Crippen LogP contribution is -2.16. The first-order chi connectivity index (χ1) is 10.1. The van der Waals surface area contributed by atoms with Gasteiger partial charge in [0, 0.05) is 18.6 Å². The summed E-state index contributed by atoms with van der Waals surface area (Å²) in [6, 6.07) is 4.83. The summed E-state index contributed by atoms with van der Waals surface area (Å²) < 4.78 is 20.2. The average Bonchev–Trinajstić information content (AvgIpc) is 2.45. The third kappa shape index (κ3) is 3.22. The maximum Gasteiger partial charge on any atom is 0.351 e. The molecule has 1 aromatic carbocycles. The number of aryl methyl sites for hydroxylation is 1. The Morgan fingerprint density at radius 3 is 2.71 bits per heavy atom. The first-order valence-corrected chi connectivity index (χ1v) is 6.44. The maximum atomic E-state index is 11.8. The molecule has 1 aromatic heterocycles. The molecule has 2 rings (SSSR count). The number of methoxy groups -OCH3 is 1. The number of carbonyl (C=O) groups excluding carboxylic acids is 1. The minimum atomic E-state index is -0.734. The van der Waals surface area contributed by atoms with Crippen LogP contribution in [-0.4, -0.2) is 26.5 Å². The molecule has 0 unspecified atom stereocenters. The van der Waals surface area contributed by atoms with Gasteiger partial charge in [0.05, 0.1) is 6.61 Å². The van der Waals surface area contributed by atoms with Crippen molar-refractivity contribution in [2.45, 2.75) is 13.8 Å². The summed E-state index contributed by atoms with van der Waals surface area (Å²) in [6.07, 6.45) is 0. The van der Waals surface area contributed by atoms with Crippen molar-refractivity contribution in [3.63, 3.8) is 0 Å². The number of rotatable bonds is 5. The van der Waals surface area contributed by atoms with Gasteiger partial charge in [0.15, 0.2) is 6.79 Å². The number of esters is 1. The van der Waals surface area contributed by atoms with Gasteiger partial charge >= 0.3 is 11.6 Å². The van der Waals surface area contributed by atoms with Crippen LogP contribution < -0.4 is 10.4 Å². The van der Waals surface area contributed by atoms with Gasteiger partial charge in [0.2, 0.25) is 0 Å². The van der Waals surface area contributed by atoms with E-state index >= 15 is 0 Å². The van der Waals surface area contributed by atoms with Gasteiger partial charge in [-0.3, -0.25) is 0 Å². The second-order valence-electron chi connectivity index (χ2n) is 4.37. The van der Waals surface area contributed by atoms with E-state index in [1.165, 1.54) is 13.2 Å². The number of hydrogen-bond donors (Lipinski definition) is 0. The Labute approximate surface area is 121 Å². The third-order valence-electron chi connectivity index (χ3n) is 2.86. The zero-order chi connectivity index (χ0) is 15.4. The lowest BCUT2D eigenvalue weighted by atomic mass is 10.1. The Balaban J connectivity index is 2.49. The van der Waals surface area contributed by atoms with E-state index in [9.17, 15) is 9.59 Å². The minimum absolute atomic E-state index is 0.0947. The highest BCUT2D eigenvalue weighted by Gasteiger charge is 2.15. The summed E-state index contributed by atoms with van der Waals surface area (Å²) in [5.41, 5.74) is 0.324. The number of ether oxygens (including phenoxy) is 3. The predicted octanol–water partition coefficient (Wildman–Crippen LogP) is 2.26. The van der Waals surface area contributed by atoms with Crippen molar-refractivity contribution in [3.05, 3.63) is 39.7 Å². The van der Waals surface area contributed by atoms with Gasteiger partial charge in [-0.25, -0.2) is 9.59 Å². The van der Waals surface area contributed by atoms with Crippen LogP contribution in [0.25, 0.3) is 11.0 Å². The minimum Gasteiger partial charge on any atom is -0.467 e. The number of hydrogen-bond acceptors (Lipinski definition) is 6. The molecule has 0 saturated heterocycles. The van der Waals surface area contributed by atoms with Crippen molar-refractivity contribution < 1.29 is 23.4 Å². The highest BCUT2D eigenvalue weighted by atomic mass is 16.7. The molecule has 0 amide bonds. The van der Waals surface area contributed by atoms with Crippen molar-refractivity contribution in [1.29, 1.82) is 0 Å². The summed E-state index contributed by atoms with van der Waals surface area (Å²) >= 11 is 0. The van der Waals surface area contributed by atoms with Gasteiger partial charge in [-0.15, -0.1) is 0 Å². The molecule has 0 saturated carbocycles. The molecule has 0 radical (unpaired) electrons. The van der Waals surface area contributed by atoms with Gasteiger partial charge in [-0.05, 0) is 31.5 Å². The average molecular weight is 292 g/mol.